The van der Waals surface area contributed by atoms with Crippen LogP contribution in [0.1, 0.15) is 81.1 Å². The summed E-state index contributed by atoms with van der Waals surface area (Å²) in [6.07, 6.45) is 3.00. The summed E-state index contributed by atoms with van der Waals surface area (Å²) < 4.78 is 6.20. The van der Waals surface area contributed by atoms with Crippen molar-refractivity contribution in [3.8, 4) is 11.8 Å². The normalized spacial score (nSPS) is 16.5. The number of primary amides is 1. The second-order valence-corrected chi connectivity index (χ2v) is 10.2. The van der Waals surface area contributed by atoms with Crippen LogP contribution in [0, 0.1) is 29.1 Å². The Balaban J connectivity index is 0.000000245. The molecule has 1 heterocycles. The van der Waals surface area contributed by atoms with E-state index in [1.807, 2.05) is 19.1 Å². The molecule has 2 aromatic rings. The van der Waals surface area contributed by atoms with Gasteiger partial charge in [0.15, 0.2) is 0 Å². The average Bonchev–Trinajstić information content (AvgIpc) is 2.68. The molecule has 31 heavy (non-hydrogen) atoms. The molecule has 1 aromatic heterocycles. The highest BCUT2D eigenvalue weighted by Gasteiger charge is 2.55. The number of hydrogen-bond acceptors (Lipinski definition) is 4. The SMILES string of the molecule is CC(C)c1ccc(C(N)=O)nc1.Cc1c(OC2C(C)(C)CC2(C)C)ccc(C#N)c1Cl. The van der Waals surface area contributed by atoms with Crippen molar-refractivity contribution in [2.45, 2.75) is 66.9 Å². The summed E-state index contributed by atoms with van der Waals surface area (Å²) >= 11 is 6.18. The summed E-state index contributed by atoms with van der Waals surface area (Å²) in [5, 5.41) is 9.46. The van der Waals surface area contributed by atoms with Gasteiger partial charge >= 0.3 is 0 Å². The van der Waals surface area contributed by atoms with E-state index in [-0.39, 0.29) is 16.9 Å². The van der Waals surface area contributed by atoms with Crippen LogP contribution in [-0.4, -0.2) is 17.0 Å². The fourth-order valence-electron chi connectivity index (χ4n) is 4.51. The van der Waals surface area contributed by atoms with E-state index in [4.69, 9.17) is 27.3 Å². The lowest BCUT2D eigenvalue weighted by molar-refractivity contribution is -0.134. The predicted octanol–water partition coefficient (Wildman–Crippen LogP) is 6.03. The van der Waals surface area contributed by atoms with E-state index < -0.39 is 5.91 Å². The Morgan fingerprint density at radius 2 is 1.84 bits per heavy atom. The second kappa shape index (κ2) is 9.28. The largest absolute Gasteiger partial charge is 0.489 e. The van der Waals surface area contributed by atoms with Crippen LogP contribution in [0.15, 0.2) is 30.5 Å². The number of hydrogen-bond donors (Lipinski definition) is 1. The van der Waals surface area contributed by atoms with E-state index >= 15 is 0 Å². The summed E-state index contributed by atoms with van der Waals surface area (Å²) in [6.45, 7) is 14.9. The van der Waals surface area contributed by atoms with Gasteiger partial charge in [0.1, 0.15) is 23.6 Å². The molecule has 0 spiro atoms. The minimum absolute atomic E-state index is 0.169. The maximum absolute atomic E-state index is 10.6. The highest BCUT2D eigenvalue weighted by atomic mass is 35.5. The molecule has 6 heteroatoms. The zero-order valence-electron chi connectivity index (χ0n) is 19.4. The lowest BCUT2D eigenvalue weighted by atomic mass is 9.53. The topological polar surface area (TPSA) is 89.0 Å². The van der Waals surface area contributed by atoms with Crippen molar-refractivity contribution in [2.75, 3.05) is 0 Å². The number of halogens is 1. The summed E-state index contributed by atoms with van der Waals surface area (Å²) in [6, 6.07) is 9.19. The van der Waals surface area contributed by atoms with Crippen LogP contribution in [0.2, 0.25) is 5.02 Å². The van der Waals surface area contributed by atoms with Crippen LogP contribution < -0.4 is 10.5 Å². The van der Waals surface area contributed by atoms with Crippen molar-refractivity contribution in [3.05, 3.63) is 57.9 Å². The molecule has 5 nitrogen and oxygen atoms in total. The first kappa shape index (κ1) is 24.7. The molecule has 0 bridgehead atoms. The van der Waals surface area contributed by atoms with Gasteiger partial charge < -0.3 is 10.5 Å². The molecule has 3 rings (SSSR count). The van der Waals surface area contributed by atoms with Crippen LogP contribution in [0.25, 0.3) is 0 Å². The molecule has 1 amide bonds. The van der Waals surface area contributed by atoms with Crippen LogP contribution in [0.5, 0.6) is 5.75 Å². The number of nitrogens with two attached hydrogens (primary N) is 1. The Kier molecular flexibility index (Phi) is 7.39. The maximum Gasteiger partial charge on any atom is 0.267 e. The van der Waals surface area contributed by atoms with Crippen molar-refractivity contribution in [2.24, 2.45) is 16.6 Å². The summed E-state index contributed by atoms with van der Waals surface area (Å²) in [7, 11) is 0. The van der Waals surface area contributed by atoms with Gasteiger partial charge in [0.05, 0.1) is 10.6 Å². The summed E-state index contributed by atoms with van der Waals surface area (Å²) in [4.78, 5) is 14.6. The molecule has 1 fully saturated rings. The number of ether oxygens (including phenoxy) is 1. The monoisotopic (exact) mass is 441 g/mol. The molecule has 1 aromatic carbocycles. The number of nitriles is 1. The van der Waals surface area contributed by atoms with E-state index in [0.29, 0.717) is 22.2 Å². The molecule has 1 aliphatic carbocycles. The van der Waals surface area contributed by atoms with Gasteiger partial charge in [-0.25, -0.2) is 0 Å². The number of benzene rings is 1. The molecule has 0 aliphatic heterocycles. The lowest BCUT2D eigenvalue weighted by Crippen LogP contribution is -2.58. The molecule has 0 unspecified atom stereocenters. The zero-order valence-corrected chi connectivity index (χ0v) is 20.2. The first-order valence-corrected chi connectivity index (χ1v) is 10.8. The Bertz CT molecular complexity index is 975. The molecule has 0 radical (unpaired) electrons. The Morgan fingerprint density at radius 1 is 1.23 bits per heavy atom. The van der Waals surface area contributed by atoms with E-state index in [9.17, 15) is 4.79 Å². The first-order valence-electron chi connectivity index (χ1n) is 10.4. The van der Waals surface area contributed by atoms with Gasteiger partial charge in [-0.05, 0) is 43.0 Å². The third kappa shape index (κ3) is 5.57. The standard InChI is InChI=1S/C16H20ClNO.C9H12N2O/c1-10-12(7-6-11(8-18)13(10)17)19-14-15(2,3)9-16(14,4)5;1-6(2)7-3-4-8(9(10)12)11-5-7/h6-7,14H,9H2,1-5H3;3-6H,1-2H3,(H2,10,12). The van der Waals surface area contributed by atoms with E-state index in [1.165, 1.54) is 0 Å². The molecule has 2 N–H and O–H groups in total. The van der Waals surface area contributed by atoms with E-state index in [0.717, 1.165) is 23.3 Å². The van der Waals surface area contributed by atoms with Gasteiger partial charge in [-0.1, -0.05) is 59.2 Å². The van der Waals surface area contributed by atoms with Crippen molar-refractivity contribution in [1.29, 1.82) is 5.26 Å². The third-order valence-electron chi connectivity index (χ3n) is 5.74. The number of carbonyl (C=O) groups excluding carboxylic acids is 1. The molecule has 1 saturated carbocycles. The number of pyridine rings is 1. The number of carbonyl (C=O) groups is 1. The highest BCUT2D eigenvalue weighted by molar-refractivity contribution is 6.32. The number of nitrogens with zero attached hydrogens (tertiary/aromatic N) is 2. The molecular weight excluding hydrogens is 410 g/mol. The minimum atomic E-state index is -0.481. The molecule has 0 saturated heterocycles. The quantitative estimate of drug-likeness (QED) is 0.627. The zero-order chi connectivity index (χ0) is 23.6. The smallest absolute Gasteiger partial charge is 0.267 e. The van der Waals surface area contributed by atoms with Gasteiger partial charge in [0.25, 0.3) is 5.91 Å². The van der Waals surface area contributed by atoms with Crippen LogP contribution in [0.3, 0.4) is 0 Å². The lowest BCUT2D eigenvalue weighted by Gasteiger charge is -2.56. The van der Waals surface area contributed by atoms with Gasteiger partial charge in [0.2, 0.25) is 0 Å². The summed E-state index contributed by atoms with van der Waals surface area (Å²) in [5.41, 5.74) is 8.17. The van der Waals surface area contributed by atoms with Gasteiger partial charge in [-0.15, -0.1) is 0 Å². The number of amides is 1. The van der Waals surface area contributed by atoms with Crippen molar-refractivity contribution < 1.29 is 9.53 Å². The number of aromatic nitrogens is 1. The molecule has 166 valence electrons. The van der Waals surface area contributed by atoms with E-state index in [2.05, 4.69) is 52.6 Å². The van der Waals surface area contributed by atoms with Gasteiger partial charge in [0, 0.05) is 22.6 Å². The van der Waals surface area contributed by atoms with Crippen molar-refractivity contribution in [1.82, 2.24) is 4.98 Å². The van der Waals surface area contributed by atoms with Crippen molar-refractivity contribution >= 4 is 17.5 Å². The summed E-state index contributed by atoms with van der Waals surface area (Å²) in [5.74, 6) is 0.736. The fraction of sp³-hybridized carbons (Fsp3) is 0.480. The Hall–Kier alpha value is -2.58. The van der Waals surface area contributed by atoms with Gasteiger partial charge in [-0.2, -0.15) is 5.26 Å². The second-order valence-electron chi connectivity index (χ2n) is 9.81. The predicted molar refractivity (Wildman–Crippen MR) is 124 cm³/mol. The Labute approximate surface area is 190 Å². The average molecular weight is 442 g/mol. The number of rotatable bonds is 4. The first-order chi connectivity index (χ1) is 14.3. The minimum Gasteiger partial charge on any atom is -0.489 e. The van der Waals surface area contributed by atoms with Crippen LogP contribution in [-0.2, 0) is 0 Å². The van der Waals surface area contributed by atoms with Crippen LogP contribution >= 0.6 is 11.6 Å². The molecule has 1 aliphatic rings. The fourth-order valence-corrected chi connectivity index (χ4v) is 4.70. The maximum atomic E-state index is 10.6. The van der Waals surface area contributed by atoms with E-state index in [1.54, 1.807) is 18.3 Å². The molecule has 0 atom stereocenters. The highest BCUT2D eigenvalue weighted by Crippen LogP contribution is 2.55. The molecular formula is C25H32ClN3O2. The third-order valence-corrected chi connectivity index (χ3v) is 6.23. The van der Waals surface area contributed by atoms with Crippen molar-refractivity contribution in [3.63, 3.8) is 0 Å². The Morgan fingerprint density at radius 3 is 2.26 bits per heavy atom. The van der Waals surface area contributed by atoms with Crippen LogP contribution in [0.4, 0.5) is 0 Å². The van der Waals surface area contributed by atoms with Gasteiger partial charge in [-0.3, -0.25) is 9.78 Å².